The van der Waals surface area contributed by atoms with Gasteiger partial charge in [0.05, 0.1) is 14.1 Å². The highest BCUT2D eigenvalue weighted by Crippen LogP contribution is 2.20. The third-order valence-corrected chi connectivity index (χ3v) is 4.29. The SMILES string of the molecule is CCCCCCCCC(OC)[N+](C)(C)Cc1ccccc1.[Cl-]. The summed E-state index contributed by atoms with van der Waals surface area (Å²) in [6.45, 7) is 3.29. The quantitative estimate of drug-likeness (QED) is 0.343. The van der Waals surface area contributed by atoms with Gasteiger partial charge in [-0.15, -0.1) is 0 Å². The maximum absolute atomic E-state index is 5.79. The highest BCUT2D eigenvalue weighted by atomic mass is 35.5. The van der Waals surface area contributed by atoms with Crippen molar-refractivity contribution >= 4 is 0 Å². The first-order valence-corrected chi connectivity index (χ1v) is 8.49. The van der Waals surface area contributed by atoms with Crippen molar-refractivity contribution in [3.8, 4) is 0 Å². The van der Waals surface area contributed by atoms with Gasteiger partial charge in [-0.3, -0.25) is 4.48 Å². The predicted molar refractivity (Wildman–Crippen MR) is 91.0 cm³/mol. The fourth-order valence-corrected chi connectivity index (χ4v) is 3.01. The molecule has 128 valence electrons. The van der Waals surface area contributed by atoms with Crippen LogP contribution < -0.4 is 12.4 Å². The van der Waals surface area contributed by atoms with Gasteiger partial charge < -0.3 is 17.1 Å². The molecule has 1 atom stereocenters. The Bertz CT molecular complexity index is 367. The Kier molecular flexibility index (Phi) is 11.6. The van der Waals surface area contributed by atoms with E-state index in [9.17, 15) is 0 Å². The van der Waals surface area contributed by atoms with Crippen LogP contribution in [0, 0.1) is 0 Å². The second-order valence-corrected chi connectivity index (χ2v) is 6.67. The van der Waals surface area contributed by atoms with Crippen LogP contribution in [-0.2, 0) is 11.3 Å². The Labute approximate surface area is 143 Å². The van der Waals surface area contributed by atoms with E-state index in [-0.39, 0.29) is 18.6 Å². The number of benzene rings is 1. The zero-order valence-electron chi connectivity index (χ0n) is 14.9. The van der Waals surface area contributed by atoms with E-state index in [0.29, 0.717) is 0 Å². The average Bonchev–Trinajstić information content (AvgIpc) is 2.47. The van der Waals surface area contributed by atoms with Crippen LogP contribution in [0.3, 0.4) is 0 Å². The summed E-state index contributed by atoms with van der Waals surface area (Å²) >= 11 is 0. The van der Waals surface area contributed by atoms with Crippen LogP contribution in [0.4, 0.5) is 0 Å². The van der Waals surface area contributed by atoms with Gasteiger partial charge in [0.15, 0.2) is 6.23 Å². The van der Waals surface area contributed by atoms with Gasteiger partial charge >= 0.3 is 0 Å². The third kappa shape index (κ3) is 8.17. The smallest absolute Gasteiger partial charge is 0.192 e. The molecule has 0 saturated carbocycles. The second-order valence-electron chi connectivity index (χ2n) is 6.67. The number of nitrogens with zero attached hydrogens (tertiary/aromatic N) is 1. The second kappa shape index (κ2) is 11.9. The van der Waals surface area contributed by atoms with Crippen LogP contribution in [0.15, 0.2) is 30.3 Å². The average molecular weight is 328 g/mol. The number of hydrogen-bond donors (Lipinski definition) is 0. The first kappa shape index (κ1) is 21.4. The topological polar surface area (TPSA) is 9.23 Å². The molecule has 0 heterocycles. The monoisotopic (exact) mass is 327 g/mol. The summed E-state index contributed by atoms with van der Waals surface area (Å²) in [5.41, 5.74) is 1.38. The van der Waals surface area contributed by atoms with E-state index in [0.717, 1.165) is 17.4 Å². The van der Waals surface area contributed by atoms with Crippen LogP contribution in [0.5, 0.6) is 0 Å². The Morgan fingerprint density at radius 1 is 0.955 bits per heavy atom. The van der Waals surface area contributed by atoms with E-state index < -0.39 is 0 Å². The minimum Gasteiger partial charge on any atom is -1.00 e. The fourth-order valence-electron chi connectivity index (χ4n) is 3.01. The highest BCUT2D eigenvalue weighted by Gasteiger charge is 2.27. The lowest BCUT2D eigenvalue weighted by Gasteiger charge is -2.37. The summed E-state index contributed by atoms with van der Waals surface area (Å²) in [6.07, 6.45) is 9.51. The van der Waals surface area contributed by atoms with E-state index in [1.54, 1.807) is 0 Å². The Morgan fingerprint density at radius 2 is 1.55 bits per heavy atom. The molecule has 0 aliphatic rings. The first-order valence-electron chi connectivity index (χ1n) is 8.49. The van der Waals surface area contributed by atoms with Crippen LogP contribution >= 0.6 is 0 Å². The number of halogens is 1. The number of unbranched alkanes of at least 4 members (excludes halogenated alkanes) is 5. The lowest BCUT2D eigenvalue weighted by Crippen LogP contribution is -3.00. The lowest BCUT2D eigenvalue weighted by molar-refractivity contribution is -0.949. The summed E-state index contributed by atoms with van der Waals surface area (Å²) in [7, 11) is 6.41. The van der Waals surface area contributed by atoms with Crippen LogP contribution in [-0.4, -0.2) is 31.9 Å². The van der Waals surface area contributed by atoms with Crippen LogP contribution in [0.1, 0.15) is 57.4 Å². The zero-order chi connectivity index (χ0) is 15.6. The Hall–Kier alpha value is -0.570. The van der Waals surface area contributed by atoms with Crippen molar-refractivity contribution in [2.45, 2.75) is 64.6 Å². The van der Waals surface area contributed by atoms with Crippen molar-refractivity contribution in [2.24, 2.45) is 0 Å². The fraction of sp³-hybridized carbons (Fsp3) is 0.684. The molecule has 0 N–H and O–H groups in total. The summed E-state index contributed by atoms with van der Waals surface area (Å²) in [6, 6.07) is 10.7. The Morgan fingerprint density at radius 3 is 2.14 bits per heavy atom. The van der Waals surface area contributed by atoms with E-state index in [1.165, 1.54) is 44.1 Å². The minimum atomic E-state index is 0. The molecule has 22 heavy (non-hydrogen) atoms. The molecule has 0 radical (unpaired) electrons. The number of ether oxygens (including phenoxy) is 1. The predicted octanol–water partition coefficient (Wildman–Crippen LogP) is 1.99. The molecule has 1 rings (SSSR count). The van der Waals surface area contributed by atoms with Crippen molar-refractivity contribution < 1.29 is 21.6 Å². The molecule has 0 spiro atoms. The molecule has 0 aliphatic carbocycles. The maximum atomic E-state index is 5.79. The molecule has 2 nitrogen and oxygen atoms in total. The molecule has 0 amide bonds. The molecule has 1 aromatic rings. The molecule has 1 aromatic carbocycles. The van der Waals surface area contributed by atoms with Crippen molar-refractivity contribution in [1.29, 1.82) is 0 Å². The molecule has 3 heteroatoms. The molecular weight excluding hydrogens is 294 g/mol. The minimum absolute atomic E-state index is 0. The largest absolute Gasteiger partial charge is 1.00 e. The molecule has 0 aliphatic heterocycles. The number of methoxy groups -OCH3 is 1. The summed E-state index contributed by atoms with van der Waals surface area (Å²) in [5, 5.41) is 0. The van der Waals surface area contributed by atoms with Crippen LogP contribution in [0.2, 0.25) is 0 Å². The molecule has 0 aromatic heterocycles. The highest BCUT2D eigenvalue weighted by molar-refractivity contribution is 5.13. The van der Waals surface area contributed by atoms with Crippen LogP contribution in [0.25, 0.3) is 0 Å². The molecule has 0 bridgehead atoms. The van der Waals surface area contributed by atoms with E-state index in [2.05, 4.69) is 51.4 Å². The Balaban J connectivity index is 0.00000441. The number of hydrogen-bond acceptors (Lipinski definition) is 1. The van der Waals surface area contributed by atoms with Crippen molar-refractivity contribution in [3.05, 3.63) is 35.9 Å². The summed E-state index contributed by atoms with van der Waals surface area (Å²) < 4.78 is 6.69. The summed E-state index contributed by atoms with van der Waals surface area (Å²) in [4.78, 5) is 0. The molecular formula is C19H34ClNO. The van der Waals surface area contributed by atoms with E-state index >= 15 is 0 Å². The molecule has 0 fully saturated rings. The third-order valence-electron chi connectivity index (χ3n) is 4.29. The van der Waals surface area contributed by atoms with E-state index in [1.807, 2.05) is 7.11 Å². The van der Waals surface area contributed by atoms with Gasteiger partial charge in [0.1, 0.15) is 6.54 Å². The van der Waals surface area contributed by atoms with Gasteiger partial charge in [-0.2, -0.15) is 0 Å². The first-order chi connectivity index (χ1) is 10.1. The standard InChI is InChI=1S/C19H34NO.ClH/c1-5-6-7-8-9-13-16-19(21-4)20(2,3)17-18-14-11-10-12-15-18;/h10-12,14-15,19H,5-9,13,16-17H2,1-4H3;1H/q+1;/p-1. The molecule has 0 saturated heterocycles. The van der Waals surface area contributed by atoms with Gasteiger partial charge in [0.25, 0.3) is 0 Å². The summed E-state index contributed by atoms with van der Waals surface area (Å²) in [5.74, 6) is 0. The van der Waals surface area contributed by atoms with Gasteiger partial charge in [0, 0.05) is 19.1 Å². The van der Waals surface area contributed by atoms with Gasteiger partial charge in [-0.1, -0.05) is 69.4 Å². The number of rotatable bonds is 11. The molecule has 1 unspecified atom stereocenters. The normalized spacial score (nSPS) is 12.7. The van der Waals surface area contributed by atoms with Crippen molar-refractivity contribution in [2.75, 3.05) is 21.2 Å². The number of quaternary nitrogens is 1. The van der Waals surface area contributed by atoms with Gasteiger partial charge in [0.2, 0.25) is 0 Å². The zero-order valence-corrected chi connectivity index (χ0v) is 15.6. The van der Waals surface area contributed by atoms with Gasteiger partial charge in [-0.25, -0.2) is 0 Å². The maximum Gasteiger partial charge on any atom is 0.192 e. The van der Waals surface area contributed by atoms with Crippen molar-refractivity contribution in [3.63, 3.8) is 0 Å². The van der Waals surface area contributed by atoms with Gasteiger partial charge in [-0.05, 0) is 6.42 Å². The van der Waals surface area contributed by atoms with Crippen molar-refractivity contribution in [1.82, 2.24) is 0 Å². The van der Waals surface area contributed by atoms with E-state index in [4.69, 9.17) is 4.74 Å². The lowest BCUT2D eigenvalue weighted by atomic mass is 10.1.